The summed E-state index contributed by atoms with van der Waals surface area (Å²) in [7, 11) is 5.65. The van der Waals surface area contributed by atoms with Crippen LogP contribution in [0.15, 0.2) is 36.7 Å². The normalized spacial score (nSPS) is 24.1. The van der Waals surface area contributed by atoms with E-state index < -0.39 is 0 Å². The van der Waals surface area contributed by atoms with Crippen LogP contribution in [0.1, 0.15) is 12.0 Å². The molecule has 1 aromatic heterocycles. The SMILES string of the molecule is COc1ccc(CN2CC[C@]3(C2)CN(c2cnn(C)c2)C(=O)CN3C)cc1. The molecule has 27 heavy (non-hydrogen) atoms. The second-order valence-corrected chi connectivity index (χ2v) is 7.74. The maximum absolute atomic E-state index is 12.6. The summed E-state index contributed by atoms with van der Waals surface area (Å²) in [4.78, 5) is 19.2. The molecule has 1 amide bonds. The van der Waals surface area contributed by atoms with Crippen molar-refractivity contribution in [2.75, 3.05) is 45.2 Å². The number of nitrogens with zero attached hydrogens (tertiary/aromatic N) is 5. The van der Waals surface area contributed by atoms with Crippen LogP contribution < -0.4 is 9.64 Å². The molecule has 7 heteroatoms. The Morgan fingerprint density at radius 1 is 1.19 bits per heavy atom. The van der Waals surface area contributed by atoms with Gasteiger partial charge in [-0.2, -0.15) is 5.10 Å². The van der Waals surface area contributed by atoms with E-state index in [1.807, 2.05) is 30.3 Å². The predicted octanol–water partition coefficient (Wildman–Crippen LogP) is 1.35. The predicted molar refractivity (Wildman–Crippen MR) is 104 cm³/mol. The summed E-state index contributed by atoms with van der Waals surface area (Å²) >= 11 is 0. The zero-order valence-corrected chi connectivity index (χ0v) is 16.3. The summed E-state index contributed by atoms with van der Waals surface area (Å²) in [5.41, 5.74) is 2.17. The van der Waals surface area contributed by atoms with Crippen molar-refractivity contribution in [2.24, 2.45) is 7.05 Å². The number of carbonyl (C=O) groups is 1. The number of amides is 1. The van der Waals surface area contributed by atoms with Crippen molar-refractivity contribution in [2.45, 2.75) is 18.5 Å². The minimum absolute atomic E-state index is 0.00375. The first-order valence-corrected chi connectivity index (χ1v) is 9.35. The first-order valence-electron chi connectivity index (χ1n) is 9.35. The molecule has 0 radical (unpaired) electrons. The monoisotopic (exact) mass is 369 g/mol. The smallest absolute Gasteiger partial charge is 0.241 e. The van der Waals surface area contributed by atoms with Gasteiger partial charge >= 0.3 is 0 Å². The van der Waals surface area contributed by atoms with Crippen LogP contribution in [0.2, 0.25) is 0 Å². The fourth-order valence-corrected chi connectivity index (χ4v) is 4.25. The topological polar surface area (TPSA) is 53.8 Å². The first kappa shape index (κ1) is 18.0. The summed E-state index contributed by atoms with van der Waals surface area (Å²) in [6, 6.07) is 8.27. The van der Waals surface area contributed by atoms with Crippen LogP contribution in [0.5, 0.6) is 5.75 Å². The Morgan fingerprint density at radius 2 is 1.96 bits per heavy atom. The number of benzene rings is 1. The van der Waals surface area contributed by atoms with E-state index in [0.29, 0.717) is 13.1 Å². The summed E-state index contributed by atoms with van der Waals surface area (Å²) in [6.07, 6.45) is 4.76. The molecule has 3 heterocycles. The highest BCUT2D eigenvalue weighted by molar-refractivity contribution is 5.95. The molecule has 0 bridgehead atoms. The van der Waals surface area contributed by atoms with Gasteiger partial charge in [0, 0.05) is 39.4 Å². The Labute approximate surface area is 160 Å². The van der Waals surface area contributed by atoms with Crippen LogP contribution in [0.3, 0.4) is 0 Å². The van der Waals surface area contributed by atoms with E-state index in [1.165, 1.54) is 5.56 Å². The number of hydrogen-bond donors (Lipinski definition) is 0. The number of aromatic nitrogens is 2. The zero-order chi connectivity index (χ0) is 19.0. The summed E-state index contributed by atoms with van der Waals surface area (Å²) in [6.45, 7) is 4.07. The molecule has 0 saturated carbocycles. The highest BCUT2D eigenvalue weighted by atomic mass is 16.5. The molecule has 2 saturated heterocycles. The van der Waals surface area contributed by atoms with Crippen molar-refractivity contribution in [3.63, 3.8) is 0 Å². The molecule has 0 unspecified atom stereocenters. The number of carbonyl (C=O) groups excluding carboxylic acids is 1. The van der Waals surface area contributed by atoms with E-state index in [1.54, 1.807) is 18.0 Å². The average Bonchev–Trinajstić information content (AvgIpc) is 3.26. The van der Waals surface area contributed by atoms with Gasteiger partial charge in [-0.05, 0) is 31.2 Å². The lowest BCUT2D eigenvalue weighted by Gasteiger charge is -2.46. The Kier molecular flexibility index (Phi) is 4.65. The number of piperazine rings is 1. The van der Waals surface area contributed by atoms with Crippen LogP contribution in [0.25, 0.3) is 0 Å². The van der Waals surface area contributed by atoms with E-state index in [0.717, 1.165) is 37.5 Å². The number of ether oxygens (including phenoxy) is 1. The maximum atomic E-state index is 12.6. The zero-order valence-electron chi connectivity index (χ0n) is 16.3. The molecule has 1 aromatic carbocycles. The molecular weight excluding hydrogens is 342 g/mol. The third-order valence-electron chi connectivity index (χ3n) is 5.92. The highest BCUT2D eigenvalue weighted by Gasteiger charge is 2.47. The maximum Gasteiger partial charge on any atom is 0.241 e. The molecule has 0 aliphatic carbocycles. The number of anilines is 1. The van der Waals surface area contributed by atoms with E-state index >= 15 is 0 Å². The van der Waals surface area contributed by atoms with E-state index in [2.05, 4.69) is 34.1 Å². The van der Waals surface area contributed by atoms with Crippen molar-refractivity contribution in [3.05, 3.63) is 42.2 Å². The molecular formula is C20H27N5O2. The number of aryl methyl sites for hydroxylation is 1. The van der Waals surface area contributed by atoms with Gasteiger partial charge in [0.2, 0.25) is 5.91 Å². The van der Waals surface area contributed by atoms with E-state index in [-0.39, 0.29) is 11.4 Å². The number of hydrogen-bond acceptors (Lipinski definition) is 5. The number of methoxy groups -OCH3 is 1. The minimum atomic E-state index is -0.00375. The Morgan fingerprint density at radius 3 is 2.63 bits per heavy atom. The van der Waals surface area contributed by atoms with Crippen LogP contribution in [-0.4, -0.2) is 71.4 Å². The van der Waals surface area contributed by atoms with Crippen molar-refractivity contribution in [3.8, 4) is 5.75 Å². The van der Waals surface area contributed by atoms with Gasteiger partial charge in [0.25, 0.3) is 0 Å². The van der Waals surface area contributed by atoms with Crippen molar-refractivity contribution >= 4 is 11.6 Å². The van der Waals surface area contributed by atoms with Crippen LogP contribution in [0.4, 0.5) is 5.69 Å². The third-order valence-corrected chi connectivity index (χ3v) is 5.92. The van der Waals surface area contributed by atoms with Crippen LogP contribution in [0, 0.1) is 0 Å². The quantitative estimate of drug-likeness (QED) is 0.814. The number of likely N-dealkylation sites (N-methyl/N-ethyl adjacent to an activating group) is 1. The van der Waals surface area contributed by atoms with Gasteiger partial charge in [-0.1, -0.05) is 12.1 Å². The van der Waals surface area contributed by atoms with Crippen molar-refractivity contribution in [1.82, 2.24) is 19.6 Å². The van der Waals surface area contributed by atoms with Gasteiger partial charge < -0.3 is 9.64 Å². The van der Waals surface area contributed by atoms with E-state index in [9.17, 15) is 4.79 Å². The van der Waals surface area contributed by atoms with Crippen molar-refractivity contribution in [1.29, 1.82) is 0 Å². The molecule has 1 spiro atoms. The highest BCUT2D eigenvalue weighted by Crippen LogP contribution is 2.34. The molecule has 0 N–H and O–H groups in total. The molecule has 7 nitrogen and oxygen atoms in total. The molecule has 2 aliphatic rings. The summed E-state index contributed by atoms with van der Waals surface area (Å²) < 4.78 is 6.99. The largest absolute Gasteiger partial charge is 0.497 e. The lowest BCUT2D eigenvalue weighted by Crippen LogP contribution is -2.64. The van der Waals surface area contributed by atoms with Crippen LogP contribution >= 0.6 is 0 Å². The lowest BCUT2D eigenvalue weighted by molar-refractivity contribution is -0.123. The van der Waals surface area contributed by atoms with Gasteiger partial charge in [0.1, 0.15) is 5.75 Å². The number of likely N-dealkylation sites (tertiary alicyclic amines) is 1. The Balaban J connectivity index is 1.48. The second-order valence-electron chi connectivity index (χ2n) is 7.74. The molecule has 2 aliphatic heterocycles. The van der Waals surface area contributed by atoms with Gasteiger partial charge in [-0.15, -0.1) is 0 Å². The third kappa shape index (κ3) is 3.44. The Bertz CT molecular complexity index is 818. The summed E-state index contributed by atoms with van der Waals surface area (Å²) in [5, 5.41) is 4.23. The standard InChI is InChI=1S/C20H27N5O2/c1-22-13-19(26)25(17-10-21-23(2)12-17)15-20(22)8-9-24(14-20)11-16-4-6-18(27-3)7-5-16/h4-7,10,12H,8-9,11,13-15H2,1-3H3/t20-/m0/s1. The molecule has 144 valence electrons. The van der Waals surface area contributed by atoms with Gasteiger partial charge in [-0.3, -0.25) is 19.3 Å². The van der Waals surface area contributed by atoms with E-state index in [4.69, 9.17) is 4.74 Å². The molecule has 1 atom stereocenters. The molecule has 4 rings (SSSR count). The molecule has 2 fully saturated rings. The van der Waals surface area contributed by atoms with Gasteiger partial charge in [0.15, 0.2) is 0 Å². The second kappa shape index (κ2) is 6.98. The fourth-order valence-electron chi connectivity index (χ4n) is 4.25. The average molecular weight is 369 g/mol. The summed E-state index contributed by atoms with van der Waals surface area (Å²) in [5.74, 6) is 1.03. The van der Waals surface area contributed by atoms with Gasteiger partial charge in [0.05, 0.1) is 31.1 Å². The Hall–Kier alpha value is -2.38. The van der Waals surface area contributed by atoms with Crippen molar-refractivity contribution < 1.29 is 9.53 Å². The first-order chi connectivity index (χ1) is 13.0. The molecule has 2 aromatic rings. The number of rotatable bonds is 4. The lowest BCUT2D eigenvalue weighted by atomic mass is 9.93. The minimum Gasteiger partial charge on any atom is -0.497 e. The fraction of sp³-hybridized carbons (Fsp3) is 0.500. The van der Waals surface area contributed by atoms with Gasteiger partial charge in [-0.25, -0.2) is 0 Å². The van der Waals surface area contributed by atoms with Crippen LogP contribution in [-0.2, 0) is 18.4 Å².